The van der Waals surface area contributed by atoms with Gasteiger partial charge in [0, 0.05) is 12.1 Å². The van der Waals surface area contributed by atoms with E-state index >= 15 is 0 Å². The SMILES string of the molecule is COc1cc(/C=C/C(=O)N[C@H]2CCCC[C@H]2C)ccc1OCC#N. The minimum absolute atomic E-state index is 0.0342. The number of benzene rings is 1. The van der Waals surface area contributed by atoms with Gasteiger partial charge in [0.15, 0.2) is 18.1 Å². The maximum Gasteiger partial charge on any atom is 0.244 e. The standard InChI is InChI=1S/C19H24N2O3/c1-14-5-3-4-6-16(14)21-19(22)10-8-15-7-9-17(24-12-11-20)18(13-15)23-2/h7-10,13-14,16H,3-6,12H2,1-2H3,(H,21,22)/b10-8+/t14-,16+/m1/s1. The van der Waals surface area contributed by atoms with Gasteiger partial charge in [-0.2, -0.15) is 5.26 Å². The van der Waals surface area contributed by atoms with Crippen LogP contribution in [-0.4, -0.2) is 25.7 Å². The van der Waals surface area contributed by atoms with E-state index in [9.17, 15) is 4.79 Å². The smallest absolute Gasteiger partial charge is 0.244 e. The fraction of sp³-hybridized carbons (Fsp3) is 0.474. The first kappa shape index (κ1) is 17.9. The van der Waals surface area contributed by atoms with Crippen molar-refractivity contribution in [1.29, 1.82) is 5.26 Å². The molecule has 0 aliphatic heterocycles. The van der Waals surface area contributed by atoms with Gasteiger partial charge in [-0.1, -0.05) is 25.8 Å². The highest BCUT2D eigenvalue weighted by molar-refractivity contribution is 5.92. The first-order valence-corrected chi connectivity index (χ1v) is 8.30. The molecular weight excluding hydrogens is 304 g/mol. The van der Waals surface area contributed by atoms with Crippen LogP contribution in [0.1, 0.15) is 38.2 Å². The number of carbonyl (C=O) groups is 1. The zero-order valence-corrected chi connectivity index (χ0v) is 14.2. The molecule has 1 aliphatic carbocycles. The van der Waals surface area contributed by atoms with Crippen LogP contribution in [0.25, 0.3) is 6.08 Å². The summed E-state index contributed by atoms with van der Waals surface area (Å²) in [6.45, 7) is 2.16. The minimum atomic E-state index is -0.0717. The van der Waals surface area contributed by atoms with Crippen LogP contribution in [0.5, 0.6) is 11.5 Å². The van der Waals surface area contributed by atoms with E-state index in [-0.39, 0.29) is 18.6 Å². The Bertz CT molecular complexity index is 634. The predicted octanol–water partition coefficient (Wildman–Crippen LogP) is 3.31. The molecule has 0 unspecified atom stereocenters. The summed E-state index contributed by atoms with van der Waals surface area (Å²) in [7, 11) is 1.54. The van der Waals surface area contributed by atoms with Crippen LogP contribution in [0, 0.1) is 17.2 Å². The van der Waals surface area contributed by atoms with Gasteiger partial charge in [-0.05, 0) is 42.5 Å². The van der Waals surface area contributed by atoms with Crippen molar-refractivity contribution < 1.29 is 14.3 Å². The fourth-order valence-corrected chi connectivity index (χ4v) is 2.95. The van der Waals surface area contributed by atoms with E-state index in [1.165, 1.54) is 19.3 Å². The van der Waals surface area contributed by atoms with Crippen LogP contribution in [0.4, 0.5) is 0 Å². The maximum absolute atomic E-state index is 12.1. The molecule has 1 aromatic carbocycles. The third kappa shape index (κ3) is 5.02. The molecule has 1 aliphatic rings. The lowest BCUT2D eigenvalue weighted by Crippen LogP contribution is -2.40. The van der Waals surface area contributed by atoms with Gasteiger partial charge < -0.3 is 14.8 Å². The summed E-state index contributed by atoms with van der Waals surface area (Å²) in [6.07, 6.45) is 7.96. The predicted molar refractivity (Wildman–Crippen MR) is 92.7 cm³/mol. The van der Waals surface area contributed by atoms with E-state index < -0.39 is 0 Å². The molecule has 0 spiro atoms. The average Bonchev–Trinajstić information content (AvgIpc) is 2.60. The molecule has 128 valence electrons. The molecule has 1 aromatic rings. The van der Waals surface area contributed by atoms with Crippen LogP contribution >= 0.6 is 0 Å². The second-order valence-corrected chi connectivity index (χ2v) is 6.07. The normalized spacial score (nSPS) is 20.4. The third-order valence-electron chi connectivity index (χ3n) is 4.35. The second-order valence-electron chi connectivity index (χ2n) is 6.07. The number of ether oxygens (including phenoxy) is 2. The number of rotatable bonds is 6. The zero-order valence-electron chi connectivity index (χ0n) is 14.2. The molecule has 24 heavy (non-hydrogen) atoms. The van der Waals surface area contributed by atoms with Gasteiger partial charge in [0.25, 0.3) is 0 Å². The van der Waals surface area contributed by atoms with Gasteiger partial charge in [0.05, 0.1) is 7.11 Å². The molecule has 0 bridgehead atoms. The Balaban J connectivity index is 1.97. The summed E-state index contributed by atoms with van der Waals surface area (Å²) in [6, 6.07) is 7.52. The number of nitrogens with one attached hydrogen (secondary N) is 1. The van der Waals surface area contributed by atoms with E-state index in [1.54, 1.807) is 31.4 Å². The lowest BCUT2D eigenvalue weighted by molar-refractivity contribution is -0.117. The fourth-order valence-electron chi connectivity index (χ4n) is 2.95. The number of amides is 1. The third-order valence-corrected chi connectivity index (χ3v) is 4.35. The highest BCUT2D eigenvalue weighted by Crippen LogP contribution is 2.28. The molecular formula is C19H24N2O3. The first-order chi connectivity index (χ1) is 11.6. The van der Waals surface area contributed by atoms with Crippen molar-refractivity contribution >= 4 is 12.0 Å². The Morgan fingerprint density at radius 2 is 2.17 bits per heavy atom. The lowest BCUT2D eigenvalue weighted by atomic mass is 9.86. The number of nitrogens with zero attached hydrogens (tertiary/aromatic N) is 1. The summed E-state index contributed by atoms with van der Waals surface area (Å²) < 4.78 is 10.5. The van der Waals surface area contributed by atoms with Crippen LogP contribution < -0.4 is 14.8 Å². The van der Waals surface area contributed by atoms with Gasteiger partial charge in [-0.15, -0.1) is 0 Å². The largest absolute Gasteiger partial charge is 0.493 e. The topological polar surface area (TPSA) is 71.3 Å². The highest BCUT2D eigenvalue weighted by atomic mass is 16.5. The molecule has 2 atom stereocenters. The van der Waals surface area contributed by atoms with Crippen LogP contribution in [0.2, 0.25) is 0 Å². The molecule has 5 nitrogen and oxygen atoms in total. The Labute approximate surface area is 143 Å². The van der Waals surface area contributed by atoms with Crippen LogP contribution in [-0.2, 0) is 4.79 Å². The molecule has 1 fully saturated rings. The van der Waals surface area contributed by atoms with Crippen molar-refractivity contribution in [3.8, 4) is 17.6 Å². The van der Waals surface area contributed by atoms with E-state index in [4.69, 9.17) is 14.7 Å². The van der Waals surface area contributed by atoms with E-state index in [0.717, 1.165) is 12.0 Å². The van der Waals surface area contributed by atoms with Gasteiger partial charge in [0.2, 0.25) is 5.91 Å². The monoisotopic (exact) mass is 328 g/mol. The van der Waals surface area contributed by atoms with Gasteiger partial charge in [-0.3, -0.25) is 4.79 Å². The molecule has 0 aromatic heterocycles. The Hall–Kier alpha value is -2.48. The lowest BCUT2D eigenvalue weighted by Gasteiger charge is -2.29. The average molecular weight is 328 g/mol. The van der Waals surface area contributed by atoms with E-state index in [0.29, 0.717) is 17.4 Å². The molecule has 2 rings (SSSR count). The molecule has 5 heteroatoms. The van der Waals surface area contributed by atoms with Crippen LogP contribution in [0.3, 0.4) is 0 Å². The molecule has 1 saturated carbocycles. The molecule has 0 radical (unpaired) electrons. The van der Waals surface area contributed by atoms with Crippen molar-refractivity contribution in [3.63, 3.8) is 0 Å². The summed E-state index contributed by atoms with van der Waals surface area (Å²) in [5, 5.41) is 11.7. The van der Waals surface area contributed by atoms with Crippen molar-refractivity contribution in [2.24, 2.45) is 5.92 Å². The summed E-state index contributed by atoms with van der Waals surface area (Å²) >= 11 is 0. The number of carbonyl (C=O) groups excluding carboxylic acids is 1. The number of hydrogen-bond donors (Lipinski definition) is 1. The zero-order chi connectivity index (χ0) is 17.4. The van der Waals surface area contributed by atoms with E-state index in [2.05, 4.69) is 12.2 Å². The summed E-state index contributed by atoms with van der Waals surface area (Å²) in [4.78, 5) is 12.1. The molecule has 1 N–H and O–H groups in total. The Kier molecular flexibility index (Phi) is 6.68. The van der Waals surface area contributed by atoms with E-state index in [1.807, 2.05) is 12.1 Å². The Morgan fingerprint density at radius 1 is 1.38 bits per heavy atom. The quantitative estimate of drug-likeness (QED) is 0.813. The maximum atomic E-state index is 12.1. The first-order valence-electron chi connectivity index (χ1n) is 8.30. The Morgan fingerprint density at radius 3 is 2.88 bits per heavy atom. The number of hydrogen-bond acceptors (Lipinski definition) is 4. The second kappa shape index (κ2) is 8.97. The van der Waals surface area contributed by atoms with Gasteiger partial charge in [0.1, 0.15) is 6.07 Å². The van der Waals surface area contributed by atoms with Gasteiger partial charge >= 0.3 is 0 Å². The summed E-state index contributed by atoms with van der Waals surface area (Å²) in [5.41, 5.74) is 0.836. The van der Waals surface area contributed by atoms with Gasteiger partial charge in [-0.25, -0.2) is 0 Å². The summed E-state index contributed by atoms with van der Waals surface area (Å²) in [5.74, 6) is 1.51. The highest BCUT2D eigenvalue weighted by Gasteiger charge is 2.21. The molecule has 0 heterocycles. The molecule has 1 amide bonds. The number of nitriles is 1. The van der Waals surface area contributed by atoms with Crippen molar-refractivity contribution in [3.05, 3.63) is 29.8 Å². The van der Waals surface area contributed by atoms with Crippen molar-refractivity contribution in [2.45, 2.75) is 38.6 Å². The molecule has 0 saturated heterocycles. The number of methoxy groups -OCH3 is 1. The van der Waals surface area contributed by atoms with Crippen molar-refractivity contribution in [1.82, 2.24) is 5.32 Å². The van der Waals surface area contributed by atoms with Crippen LogP contribution in [0.15, 0.2) is 24.3 Å². The minimum Gasteiger partial charge on any atom is -0.493 e. The van der Waals surface area contributed by atoms with Crippen molar-refractivity contribution in [2.75, 3.05) is 13.7 Å².